The molecule has 2 N–H and O–H groups in total. The van der Waals surface area contributed by atoms with Crippen LogP contribution in [0.25, 0.3) is 0 Å². The van der Waals surface area contributed by atoms with E-state index in [2.05, 4.69) is 39.5 Å². The molecule has 92 valence electrons. The molecule has 0 aliphatic heterocycles. The predicted molar refractivity (Wildman–Crippen MR) is 66.3 cm³/mol. The van der Waals surface area contributed by atoms with Gasteiger partial charge in [0.25, 0.3) is 0 Å². The molecule has 2 aromatic heterocycles. The van der Waals surface area contributed by atoms with Crippen LogP contribution in [0.2, 0.25) is 0 Å². The largest absolute Gasteiger partial charge is 0.338 e. The molecule has 5 nitrogen and oxygen atoms in total. The quantitative estimate of drug-likeness (QED) is 0.846. The summed E-state index contributed by atoms with van der Waals surface area (Å²) in [5.74, 6) is 1.19. The van der Waals surface area contributed by atoms with E-state index in [0.29, 0.717) is 24.8 Å². The second-order valence-corrected chi connectivity index (χ2v) is 4.72. The first-order valence-electron chi connectivity index (χ1n) is 5.58. The third-order valence-corrected chi connectivity index (χ3v) is 3.32. The van der Waals surface area contributed by atoms with E-state index in [9.17, 15) is 0 Å². The fraction of sp³-hybridized carbons (Fsp3) is 0.455. The summed E-state index contributed by atoms with van der Waals surface area (Å²) in [6.07, 6.45) is 0. The van der Waals surface area contributed by atoms with E-state index in [0.717, 1.165) is 13.1 Å². The van der Waals surface area contributed by atoms with Crippen molar-refractivity contribution < 1.29 is 4.52 Å². The molecule has 0 amide bonds. The number of hydrogen-bond donors (Lipinski definition) is 1. The highest BCUT2D eigenvalue weighted by molar-refractivity contribution is 7.09. The summed E-state index contributed by atoms with van der Waals surface area (Å²) < 4.78 is 4.98. The molecule has 0 saturated carbocycles. The molecule has 0 unspecified atom stereocenters. The smallest absolute Gasteiger partial charge is 0.240 e. The van der Waals surface area contributed by atoms with Crippen molar-refractivity contribution in [3.05, 3.63) is 34.1 Å². The van der Waals surface area contributed by atoms with Gasteiger partial charge in [0.15, 0.2) is 5.82 Å². The van der Waals surface area contributed by atoms with Crippen LogP contribution >= 0.6 is 11.3 Å². The van der Waals surface area contributed by atoms with E-state index < -0.39 is 0 Å². The van der Waals surface area contributed by atoms with Crippen LogP contribution in [0.3, 0.4) is 0 Å². The Hall–Kier alpha value is -1.24. The van der Waals surface area contributed by atoms with Crippen molar-refractivity contribution in [3.8, 4) is 0 Å². The van der Waals surface area contributed by atoms with Crippen LogP contribution < -0.4 is 5.73 Å². The van der Waals surface area contributed by atoms with Crippen LogP contribution in [-0.2, 0) is 19.6 Å². The molecule has 17 heavy (non-hydrogen) atoms. The number of thiophene rings is 1. The Morgan fingerprint density at radius 1 is 1.47 bits per heavy atom. The average molecular weight is 252 g/mol. The van der Waals surface area contributed by atoms with Crippen LogP contribution in [-0.4, -0.2) is 21.6 Å². The van der Waals surface area contributed by atoms with E-state index in [4.69, 9.17) is 10.3 Å². The lowest BCUT2D eigenvalue weighted by Crippen LogP contribution is -2.22. The lowest BCUT2D eigenvalue weighted by Gasteiger charge is -2.16. The lowest BCUT2D eigenvalue weighted by molar-refractivity contribution is 0.261. The van der Waals surface area contributed by atoms with Gasteiger partial charge in [0.1, 0.15) is 0 Å². The second-order valence-electron chi connectivity index (χ2n) is 3.69. The molecule has 0 saturated heterocycles. The van der Waals surface area contributed by atoms with E-state index >= 15 is 0 Å². The van der Waals surface area contributed by atoms with Crippen LogP contribution in [0.1, 0.15) is 23.5 Å². The van der Waals surface area contributed by atoms with Gasteiger partial charge in [0.2, 0.25) is 5.89 Å². The highest BCUT2D eigenvalue weighted by Gasteiger charge is 2.10. The maximum absolute atomic E-state index is 5.43. The minimum atomic E-state index is 0.296. The Kier molecular flexibility index (Phi) is 4.24. The minimum absolute atomic E-state index is 0.296. The first-order chi connectivity index (χ1) is 8.31. The van der Waals surface area contributed by atoms with Crippen LogP contribution in [0.15, 0.2) is 22.0 Å². The molecule has 0 fully saturated rings. The maximum atomic E-state index is 5.43. The molecule has 0 aliphatic carbocycles. The van der Waals surface area contributed by atoms with Crippen molar-refractivity contribution in [1.82, 2.24) is 15.0 Å². The minimum Gasteiger partial charge on any atom is -0.338 e. The van der Waals surface area contributed by atoms with E-state index in [1.807, 2.05) is 0 Å². The third kappa shape index (κ3) is 3.36. The number of nitrogens with zero attached hydrogens (tertiary/aromatic N) is 3. The Morgan fingerprint density at radius 2 is 2.35 bits per heavy atom. The van der Waals surface area contributed by atoms with Gasteiger partial charge < -0.3 is 10.3 Å². The Labute approximate surface area is 104 Å². The fourth-order valence-electron chi connectivity index (χ4n) is 1.54. The highest BCUT2D eigenvalue weighted by atomic mass is 32.1. The van der Waals surface area contributed by atoms with Gasteiger partial charge in [-0.15, -0.1) is 11.3 Å². The van der Waals surface area contributed by atoms with Gasteiger partial charge in [-0.3, -0.25) is 4.90 Å². The Balaban J connectivity index is 1.95. The van der Waals surface area contributed by atoms with Gasteiger partial charge >= 0.3 is 0 Å². The summed E-state index contributed by atoms with van der Waals surface area (Å²) in [4.78, 5) is 7.81. The molecule has 2 heterocycles. The molecule has 6 heteroatoms. The first kappa shape index (κ1) is 12.2. The van der Waals surface area contributed by atoms with Crippen molar-refractivity contribution in [2.45, 2.75) is 26.6 Å². The Bertz CT molecular complexity index is 440. The normalized spacial score (nSPS) is 11.2. The first-order valence-corrected chi connectivity index (χ1v) is 6.46. The van der Waals surface area contributed by atoms with Gasteiger partial charge in [-0.1, -0.05) is 18.1 Å². The third-order valence-electron chi connectivity index (χ3n) is 2.46. The monoisotopic (exact) mass is 252 g/mol. The van der Waals surface area contributed by atoms with Crippen LogP contribution in [0, 0.1) is 0 Å². The van der Waals surface area contributed by atoms with Crippen LogP contribution in [0.5, 0.6) is 0 Å². The zero-order valence-electron chi connectivity index (χ0n) is 9.80. The van der Waals surface area contributed by atoms with E-state index in [1.54, 1.807) is 11.3 Å². The number of nitrogens with two attached hydrogens (primary N) is 1. The predicted octanol–water partition coefficient (Wildman–Crippen LogP) is 1.61. The summed E-state index contributed by atoms with van der Waals surface area (Å²) in [6, 6.07) is 4.20. The zero-order valence-corrected chi connectivity index (χ0v) is 10.6. The van der Waals surface area contributed by atoms with E-state index in [-0.39, 0.29) is 0 Å². The fourth-order valence-corrected chi connectivity index (χ4v) is 2.29. The van der Waals surface area contributed by atoms with E-state index in [1.165, 1.54) is 4.88 Å². The summed E-state index contributed by atoms with van der Waals surface area (Å²) in [7, 11) is 0. The van der Waals surface area contributed by atoms with Crippen molar-refractivity contribution in [3.63, 3.8) is 0 Å². The van der Waals surface area contributed by atoms with Gasteiger partial charge in [0, 0.05) is 11.4 Å². The summed E-state index contributed by atoms with van der Waals surface area (Å²) >= 11 is 1.76. The zero-order chi connectivity index (χ0) is 12.1. The SMILES string of the molecule is CCN(Cc1noc(CN)n1)Cc1cccs1. The van der Waals surface area contributed by atoms with Gasteiger partial charge in [-0.05, 0) is 18.0 Å². The van der Waals surface area contributed by atoms with Gasteiger partial charge in [0.05, 0.1) is 13.1 Å². The molecular formula is C11H16N4OS. The van der Waals surface area contributed by atoms with Gasteiger partial charge in [-0.25, -0.2) is 0 Å². The summed E-state index contributed by atoms with van der Waals surface area (Å²) in [5.41, 5.74) is 5.43. The van der Waals surface area contributed by atoms with Crippen molar-refractivity contribution in [2.75, 3.05) is 6.54 Å². The topological polar surface area (TPSA) is 68.2 Å². The average Bonchev–Trinajstić information content (AvgIpc) is 2.99. The molecule has 0 atom stereocenters. The molecule has 0 aromatic carbocycles. The van der Waals surface area contributed by atoms with Gasteiger partial charge in [-0.2, -0.15) is 4.98 Å². The summed E-state index contributed by atoms with van der Waals surface area (Å²) in [5, 5.41) is 5.99. The standard InChI is InChI=1S/C11H16N4OS/c1-2-15(7-9-4-3-5-17-9)8-10-13-11(6-12)16-14-10/h3-5H,2,6-8,12H2,1H3. The number of aromatic nitrogens is 2. The van der Waals surface area contributed by atoms with Crippen molar-refractivity contribution >= 4 is 11.3 Å². The molecule has 0 bridgehead atoms. The molecule has 2 rings (SSSR count). The molecule has 0 radical (unpaired) electrons. The molecule has 2 aromatic rings. The molecule has 0 aliphatic rings. The lowest BCUT2D eigenvalue weighted by atomic mass is 10.4. The highest BCUT2D eigenvalue weighted by Crippen LogP contribution is 2.13. The Morgan fingerprint density at radius 3 is 2.94 bits per heavy atom. The number of rotatable bonds is 6. The maximum Gasteiger partial charge on any atom is 0.240 e. The number of hydrogen-bond acceptors (Lipinski definition) is 6. The van der Waals surface area contributed by atoms with Crippen LogP contribution in [0.4, 0.5) is 0 Å². The van der Waals surface area contributed by atoms with Crippen molar-refractivity contribution in [2.24, 2.45) is 5.73 Å². The van der Waals surface area contributed by atoms with Crippen molar-refractivity contribution in [1.29, 1.82) is 0 Å². The second kappa shape index (κ2) is 5.90. The molecule has 0 spiro atoms. The summed E-state index contributed by atoms with van der Waals surface area (Å²) in [6.45, 7) is 4.98. The molecular weight excluding hydrogens is 236 g/mol.